The number of aromatic carboxylic acids is 1. The number of nitrogens with zero attached hydrogens (tertiary/aromatic N) is 2. The van der Waals surface area contributed by atoms with Crippen molar-refractivity contribution in [2.75, 3.05) is 16.9 Å². The van der Waals surface area contributed by atoms with Crippen LogP contribution in [0.5, 0.6) is 0 Å². The fourth-order valence-corrected chi connectivity index (χ4v) is 2.74. The van der Waals surface area contributed by atoms with Crippen LogP contribution in [0, 0.1) is 0 Å². The number of benzene rings is 2. The van der Waals surface area contributed by atoms with Crippen LogP contribution in [0.15, 0.2) is 53.6 Å². The summed E-state index contributed by atoms with van der Waals surface area (Å²) in [6, 6.07) is 14.2. The maximum Gasteiger partial charge on any atom is 0.335 e. The maximum atomic E-state index is 11.8. The van der Waals surface area contributed by atoms with E-state index in [4.69, 9.17) is 5.11 Å². The minimum atomic E-state index is -0.976. The van der Waals surface area contributed by atoms with E-state index in [2.05, 4.69) is 10.5 Å². The normalized spacial score (nSPS) is 14.7. The zero-order chi connectivity index (χ0) is 17.8. The minimum Gasteiger partial charge on any atom is -0.478 e. The summed E-state index contributed by atoms with van der Waals surface area (Å²) in [5.74, 6) is -0.811. The first-order valence-corrected chi connectivity index (χ1v) is 8.09. The van der Waals surface area contributed by atoms with Gasteiger partial charge in [0.15, 0.2) is 0 Å². The number of rotatable bonds is 5. The highest BCUT2D eigenvalue weighted by Gasteiger charge is 2.21. The molecule has 2 aromatic carbocycles. The topological polar surface area (TPSA) is 82.0 Å². The molecule has 0 unspecified atom stereocenters. The van der Waals surface area contributed by atoms with Crippen molar-refractivity contribution in [1.82, 2.24) is 0 Å². The molecule has 0 spiro atoms. The first-order chi connectivity index (χ1) is 12.0. The molecule has 0 atom stereocenters. The van der Waals surface area contributed by atoms with Crippen molar-refractivity contribution in [2.45, 2.75) is 19.8 Å². The second-order valence-corrected chi connectivity index (χ2v) is 5.89. The van der Waals surface area contributed by atoms with E-state index in [0.29, 0.717) is 12.1 Å². The van der Waals surface area contributed by atoms with Crippen molar-refractivity contribution in [2.24, 2.45) is 5.10 Å². The van der Waals surface area contributed by atoms with Gasteiger partial charge in [-0.1, -0.05) is 18.2 Å². The average molecular weight is 337 g/mol. The number of nitrogens with one attached hydrogen (secondary N) is 1. The first-order valence-electron chi connectivity index (χ1n) is 8.09. The van der Waals surface area contributed by atoms with Crippen LogP contribution in [0.4, 0.5) is 11.4 Å². The molecule has 1 aliphatic rings. The van der Waals surface area contributed by atoms with Gasteiger partial charge in [0.05, 0.1) is 17.0 Å². The van der Waals surface area contributed by atoms with E-state index in [9.17, 15) is 9.59 Å². The molecule has 0 radical (unpaired) electrons. The van der Waals surface area contributed by atoms with Crippen molar-refractivity contribution < 1.29 is 14.7 Å². The average Bonchev–Trinajstić information content (AvgIpc) is 3.06. The summed E-state index contributed by atoms with van der Waals surface area (Å²) in [6.07, 6.45) is 1.52. The zero-order valence-corrected chi connectivity index (χ0v) is 13.9. The quantitative estimate of drug-likeness (QED) is 0.647. The molecule has 0 aliphatic carbocycles. The fourth-order valence-electron chi connectivity index (χ4n) is 2.74. The van der Waals surface area contributed by atoms with Crippen molar-refractivity contribution in [3.8, 4) is 0 Å². The third-order valence-electron chi connectivity index (χ3n) is 4.13. The van der Waals surface area contributed by atoms with Crippen molar-refractivity contribution >= 4 is 29.0 Å². The number of carboxylic acid groups (broad SMARTS) is 1. The molecule has 6 heteroatoms. The summed E-state index contributed by atoms with van der Waals surface area (Å²) < 4.78 is 0. The van der Waals surface area contributed by atoms with Gasteiger partial charge in [0.25, 0.3) is 0 Å². The van der Waals surface area contributed by atoms with Gasteiger partial charge < -0.3 is 10.0 Å². The SMILES string of the molecule is C/C(=N/Nc1cccc(C(=O)O)c1)c1ccc(N2CCCC2=O)cc1. The van der Waals surface area contributed by atoms with Gasteiger partial charge in [-0.05, 0) is 49.2 Å². The molecule has 25 heavy (non-hydrogen) atoms. The van der Waals surface area contributed by atoms with Gasteiger partial charge in [0.2, 0.25) is 5.91 Å². The third kappa shape index (κ3) is 3.85. The van der Waals surface area contributed by atoms with Gasteiger partial charge >= 0.3 is 5.97 Å². The standard InChI is InChI=1S/C19H19N3O3/c1-13(20-21-16-5-2-4-15(12-16)19(24)25)14-7-9-17(10-8-14)22-11-3-6-18(22)23/h2,4-5,7-10,12,21H,3,6,11H2,1H3,(H,24,25)/b20-13-. The smallest absolute Gasteiger partial charge is 0.335 e. The number of carboxylic acids is 1. The summed E-state index contributed by atoms with van der Waals surface area (Å²) in [6.45, 7) is 2.64. The molecule has 2 N–H and O–H groups in total. The molecule has 0 bridgehead atoms. The predicted octanol–water partition coefficient (Wildman–Crippen LogP) is 3.35. The van der Waals surface area contributed by atoms with E-state index < -0.39 is 5.97 Å². The van der Waals surface area contributed by atoms with Crippen LogP contribution in [0.25, 0.3) is 0 Å². The Hall–Kier alpha value is -3.15. The molecular formula is C19H19N3O3. The predicted molar refractivity (Wildman–Crippen MR) is 97.3 cm³/mol. The Balaban J connectivity index is 1.71. The third-order valence-corrected chi connectivity index (χ3v) is 4.13. The zero-order valence-electron chi connectivity index (χ0n) is 13.9. The van der Waals surface area contributed by atoms with Gasteiger partial charge in [-0.25, -0.2) is 4.79 Å². The molecule has 1 aliphatic heterocycles. The monoisotopic (exact) mass is 337 g/mol. The molecule has 6 nitrogen and oxygen atoms in total. The Labute approximate surface area is 145 Å². The molecule has 0 saturated carbocycles. The molecule has 1 heterocycles. The first kappa shape index (κ1) is 16.7. The van der Waals surface area contributed by atoms with Crippen LogP contribution in [0.3, 0.4) is 0 Å². The Morgan fingerprint density at radius 2 is 1.92 bits per heavy atom. The molecule has 128 valence electrons. The van der Waals surface area contributed by atoms with Crippen LogP contribution in [-0.4, -0.2) is 29.2 Å². The summed E-state index contributed by atoms with van der Waals surface area (Å²) in [5.41, 5.74) is 6.29. The number of hydrogen-bond donors (Lipinski definition) is 2. The Morgan fingerprint density at radius 3 is 2.56 bits per heavy atom. The second-order valence-electron chi connectivity index (χ2n) is 5.89. The lowest BCUT2D eigenvalue weighted by Crippen LogP contribution is -2.23. The maximum absolute atomic E-state index is 11.8. The van der Waals surface area contributed by atoms with Crippen molar-refractivity contribution in [3.63, 3.8) is 0 Å². The summed E-state index contributed by atoms with van der Waals surface area (Å²) >= 11 is 0. The van der Waals surface area contributed by atoms with E-state index in [-0.39, 0.29) is 11.5 Å². The van der Waals surface area contributed by atoms with Gasteiger partial charge in [-0.3, -0.25) is 10.2 Å². The highest BCUT2D eigenvalue weighted by molar-refractivity contribution is 6.00. The molecule has 1 amide bonds. The van der Waals surface area contributed by atoms with E-state index in [0.717, 1.165) is 29.9 Å². The highest BCUT2D eigenvalue weighted by Crippen LogP contribution is 2.22. The van der Waals surface area contributed by atoms with Gasteiger partial charge in [-0.2, -0.15) is 5.10 Å². The van der Waals surface area contributed by atoms with Crippen molar-refractivity contribution in [1.29, 1.82) is 0 Å². The lowest BCUT2D eigenvalue weighted by molar-refractivity contribution is -0.117. The Bertz CT molecular complexity index is 828. The molecule has 0 aromatic heterocycles. The van der Waals surface area contributed by atoms with Gasteiger partial charge in [0.1, 0.15) is 0 Å². The number of hydrogen-bond acceptors (Lipinski definition) is 4. The summed E-state index contributed by atoms with van der Waals surface area (Å²) in [4.78, 5) is 24.6. The second kappa shape index (κ2) is 7.17. The van der Waals surface area contributed by atoms with Crippen LogP contribution < -0.4 is 10.3 Å². The number of carbonyl (C=O) groups excluding carboxylic acids is 1. The highest BCUT2D eigenvalue weighted by atomic mass is 16.4. The van der Waals surface area contributed by atoms with E-state index in [1.165, 1.54) is 12.1 Å². The van der Waals surface area contributed by atoms with E-state index in [1.807, 2.05) is 31.2 Å². The lowest BCUT2D eigenvalue weighted by atomic mass is 10.1. The Morgan fingerprint density at radius 1 is 1.16 bits per heavy atom. The number of amides is 1. The molecule has 2 aromatic rings. The van der Waals surface area contributed by atoms with Crippen molar-refractivity contribution in [3.05, 3.63) is 59.7 Å². The van der Waals surface area contributed by atoms with Crippen LogP contribution in [0.1, 0.15) is 35.7 Å². The summed E-state index contributed by atoms with van der Waals surface area (Å²) in [7, 11) is 0. The largest absolute Gasteiger partial charge is 0.478 e. The van der Waals surface area contributed by atoms with Crippen LogP contribution >= 0.6 is 0 Å². The van der Waals surface area contributed by atoms with E-state index in [1.54, 1.807) is 17.0 Å². The van der Waals surface area contributed by atoms with E-state index >= 15 is 0 Å². The minimum absolute atomic E-state index is 0.165. The molecular weight excluding hydrogens is 318 g/mol. The van der Waals surface area contributed by atoms with Crippen LogP contribution in [-0.2, 0) is 4.79 Å². The van der Waals surface area contributed by atoms with Crippen LogP contribution in [0.2, 0.25) is 0 Å². The molecule has 1 fully saturated rings. The number of anilines is 2. The fraction of sp³-hybridized carbons (Fsp3) is 0.211. The number of carbonyl (C=O) groups is 2. The lowest BCUT2D eigenvalue weighted by Gasteiger charge is -2.15. The molecule has 3 rings (SSSR count). The summed E-state index contributed by atoms with van der Waals surface area (Å²) in [5, 5.41) is 13.3. The van der Waals surface area contributed by atoms with Gasteiger partial charge in [-0.15, -0.1) is 0 Å². The Kier molecular flexibility index (Phi) is 4.79. The number of hydrazone groups is 1. The van der Waals surface area contributed by atoms with Gasteiger partial charge in [0, 0.05) is 18.7 Å². The molecule has 1 saturated heterocycles.